The quantitative estimate of drug-likeness (QED) is 0.853. The first kappa shape index (κ1) is 16.5. The SMILES string of the molecule is Cc1oc(CNC(=O)C(C)Oc2ccc(F)cc2)cc1C(=O)O. The molecule has 0 saturated carbocycles. The molecule has 1 heterocycles. The minimum atomic E-state index is -1.09. The summed E-state index contributed by atoms with van der Waals surface area (Å²) in [5.41, 5.74) is 0.0601. The number of carbonyl (C=O) groups is 2. The topological polar surface area (TPSA) is 88.8 Å². The van der Waals surface area contributed by atoms with Crippen LogP contribution in [0.2, 0.25) is 0 Å². The fourth-order valence-corrected chi connectivity index (χ4v) is 1.93. The van der Waals surface area contributed by atoms with Crippen molar-refractivity contribution in [2.45, 2.75) is 26.5 Å². The summed E-state index contributed by atoms with van der Waals surface area (Å²) >= 11 is 0. The third-order valence-electron chi connectivity index (χ3n) is 3.13. The van der Waals surface area contributed by atoms with Crippen LogP contribution in [0.1, 0.15) is 28.8 Å². The molecule has 23 heavy (non-hydrogen) atoms. The number of benzene rings is 1. The van der Waals surface area contributed by atoms with Gasteiger partial charge in [0.05, 0.1) is 6.54 Å². The van der Waals surface area contributed by atoms with Gasteiger partial charge in [0.15, 0.2) is 6.10 Å². The Bertz CT molecular complexity index is 708. The maximum atomic E-state index is 12.8. The van der Waals surface area contributed by atoms with E-state index in [0.717, 1.165) is 0 Å². The van der Waals surface area contributed by atoms with Gasteiger partial charge in [-0.25, -0.2) is 9.18 Å². The summed E-state index contributed by atoms with van der Waals surface area (Å²) in [7, 11) is 0. The number of nitrogens with one attached hydrogen (secondary N) is 1. The van der Waals surface area contributed by atoms with E-state index in [9.17, 15) is 14.0 Å². The van der Waals surface area contributed by atoms with Gasteiger partial charge in [0, 0.05) is 0 Å². The van der Waals surface area contributed by atoms with Gasteiger partial charge in [-0.05, 0) is 44.2 Å². The predicted molar refractivity (Wildman–Crippen MR) is 78.7 cm³/mol. The zero-order valence-corrected chi connectivity index (χ0v) is 12.6. The number of hydrogen-bond donors (Lipinski definition) is 2. The lowest BCUT2D eigenvalue weighted by molar-refractivity contribution is -0.127. The standard InChI is InChI=1S/C16H16FNO5/c1-9-14(16(20)21)7-13(22-9)8-18-15(19)10(2)23-12-5-3-11(17)4-6-12/h3-7,10H,8H2,1-2H3,(H,18,19)(H,20,21). The number of aryl methyl sites for hydroxylation is 1. The molecule has 1 aromatic carbocycles. The molecule has 0 aliphatic carbocycles. The highest BCUT2D eigenvalue weighted by Gasteiger charge is 2.17. The molecule has 6 nitrogen and oxygen atoms in total. The molecule has 1 unspecified atom stereocenters. The molecule has 1 atom stereocenters. The van der Waals surface area contributed by atoms with E-state index in [1.807, 2.05) is 0 Å². The zero-order valence-electron chi connectivity index (χ0n) is 12.6. The van der Waals surface area contributed by atoms with Crippen LogP contribution in [0.3, 0.4) is 0 Å². The van der Waals surface area contributed by atoms with Crippen LogP contribution in [0.15, 0.2) is 34.7 Å². The van der Waals surface area contributed by atoms with Gasteiger partial charge < -0.3 is 19.6 Å². The number of carbonyl (C=O) groups excluding carboxylic acids is 1. The largest absolute Gasteiger partial charge is 0.481 e. The lowest BCUT2D eigenvalue weighted by Crippen LogP contribution is -2.35. The van der Waals surface area contributed by atoms with Crippen LogP contribution in [0.25, 0.3) is 0 Å². The molecular formula is C16H16FNO5. The molecular weight excluding hydrogens is 305 g/mol. The average molecular weight is 321 g/mol. The summed E-state index contributed by atoms with van der Waals surface area (Å²) in [6.45, 7) is 3.13. The first-order valence-corrected chi connectivity index (χ1v) is 6.89. The Morgan fingerprint density at radius 2 is 2.00 bits per heavy atom. The van der Waals surface area contributed by atoms with Gasteiger partial charge in [-0.3, -0.25) is 4.79 Å². The third kappa shape index (κ3) is 4.32. The number of aromatic carboxylic acids is 1. The van der Waals surface area contributed by atoms with Crippen molar-refractivity contribution in [3.8, 4) is 5.75 Å². The summed E-state index contributed by atoms with van der Waals surface area (Å²) in [4.78, 5) is 22.9. The number of halogens is 1. The monoisotopic (exact) mass is 321 g/mol. The van der Waals surface area contributed by atoms with E-state index in [-0.39, 0.29) is 17.9 Å². The maximum absolute atomic E-state index is 12.8. The van der Waals surface area contributed by atoms with Crippen molar-refractivity contribution in [2.24, 2.45) is 0 Å². The van der Waals surface area contributed by atoms with Crippen molar-refractivity contribution in [3.05, 3.63) is 53.2 Å². The van der Waals surface area contributed by atoms with Gasteiger partial charge in [0.2, 0.25) is 0 Å². The summed E-state index contributed by atoms with van der Waals surface area (Å²) < 4.78 is 23.4. The minimum absolute atomic E-state index is 0.0457. The van der Waals surface area contributed by atoms with E-state index in [4.69, 9.17) is 14.3 Å². The van der Waals surface area contributed by atoms with E-state index in [1.54, 1.807) is 6.92 Å². The summed E-state index contributed by atoms with van der Waals surface area (Å²) in [5.74, 6) is -0.899. The lowest BCUT2D eigenvalue weighted by atomic mass is 10.2. The second-order valence-corrected chi connectivity index (χ2v) is 4.92. The normalized spacial score (nSPS) is 11.8. The molecule has 2 N–H and O–H groups in total. The first-order chi connectivity index (χ1) is 10.9. The summed E-state index contributed by atoms with van der Waals surface area (Å²) in [6.07, 6.45) is -0.796. The molecule has 0 bridgehead atoms. The highest BCUT2D eigenvalue weighted by molar-refractivity contribution is 5.88. The highest BCUT2D eigenvalue weighted by atomic mass is 19.1. The second-order valence-electron chi connectivity index (χ2n) is 4.92. The highest BCUT2D eigenvalue weighted by Crippen LogP contribution is 2.15. The Labute approximate surface area is 131 Å². The van der Waals surface area contributed by atoms with E-state index in [2.05, 4.69) is 5.32 Å². The van der Waals surface area contributed by atoms with Crippen molar-refractivity contribution in [1.82, 2.24) is 5.32 Å². The van der Waals surface area contributed by atoms with Crippen molar-refractivity contribution in [1.29, 1.82) is 0 Å². The molecule has 0 fully saturated rings. The van der Waals surface area contributed by atoms with Gasteiger partial charge in [0.1, 0.15) is 28.7 Å². The molecule has 1 aromatic heterocycles. The van der Waals surface area contributed by atoms with E-state index in [0.29, 0.717) is 11.5 Å². The number of furan rings is 1. The van der Waals surface area contributed by atoms with Crippen LogP contribution in [0.4, 0.5) is 4.39 Å². The molecule has 2 rings (SSSR count). The Kier molecular flexibility index (Phi) is 5.00. The van der Waals surface area contributed by atoms with Crippen LogP contribution in [0, 0.1) is 12.7 Å². The lowest BCUT2D eigenvalue weighted by Gasteiger charge is -2.14. The summed E-state index contributed by atoms with van der Waals surface area (Å²) in [6, 6.07) is 6.68. The Balaban J connectivity index is 1.90. The fourth-order valence-electron chi connectivity index (χ4n) is 1.93. The predicted octanol–water partition coefficient (Wildman–Crippen LogP) is 2.51. The van der Waals surface area contributed by atoms with Crippen molar-refractivity contribution in [3.63, 3.8) is 0 Å². The summed E-state index contributed by atoms with van der Waals surface area (Å²) in [5, 5.41) is 11.5. The van der Waals surface area contributed by atoms with Crippen LogP contribution in [-0.2, 0) is 11.3 Å². The average Bonchev–Trinajstić information content (AvgIpc) is 2.88. The Morgan fingerprint density at radius 3 is 2.57 bits per heavy atom. The molecule has 0 aliphatic rings. The molecule has 0 spiro atoms. The molecule has 1 amide bonds. The molecule has 7 heteroatoms. The molecule has 2 aromatic rings. The van der Waals surface area contributed by atoms with Gasteiger partial charge in [-0.2, -0.15) is 0 Å². The van der Waals surface area contributed by atoms with Gasteiger partial charge >= 0.3 is 5.97 Å². The number of ether oxygens (including phenoxy) is 1. The van der Waals surface area contributed by atoms with Crippen molar-refractivity contribution < 1.29 is 28.2 Å². The van der Waals surface area contributed by atoms with E-state index >= 15 is 0 Å². The molecule has 0 radical (unpaired) electrons. The van der Waals surface area contributed by atoms with Gasteiger partial charge in [-0.15, -0.1) is 0 Å². The van der Waals surface area contributed by atoms with Crippen LogP contribution >= 0.6 is 0 Å². The molecule has 0 aliphatic heterocycles. The number of rotatable bonds is 6. The van der Waals surface area contributed by atoms with Gasteiger partial charge in [0.25, 0.3) is 5.91 Å². The number of amides is 1. The van der Waals surface area contributed by atoms with Crippen LogP contribution < -0.4 is 10.1 Å². The molecule has 122 valence electrons. The number of carboxylic acids is 1. The maximum Gasteiger partial charge on any atom is 0.339 e. The Morgan fingerprint density at radius 1 is 1.35 bits per heavy atom. The zero-order chi connectivity index (χ0) is 17.0. The first-order valence-electron chi connectivity index (χ1n) is 6.89. The van der Waals surface area contributed by atoms with Crippen molar-refractivity contribution >= 4 is 11.9 Å². The smallest absolute Gasteiger partial charge is 0.339 e. The second kappa shape index (κ2) is 6.95. The van der Waals surface area contributed by atoms with E-state index in [1.165, 1.54) is 37.3 Å². The third-order valence-corrected chi connectivity index (χ3v) is 3.13. The van der Waals surface area contributed by atoms with Gasteiger partial charge in [-0.1, -0.05) is 0 Å². The molecule has 0 saturated heterocycles. The minimum Gasteiger partial charge on any atom is -0.481 e. The van der Waals surface area contributed by atoms with Crippen molar-refractivity contribution in [2.75, 3.05) is 0 Å². The van der Waals surface area contributed by atoms with Crippen LogP contribution in [-0.4, -0.2) is 23.1 Å². The fraction of sp³-hybridized carbons (Fsp3) is 0.250. The number of hydrogen-bond acceptors (Lipinski definition) is 4. The Hall–Kier alpha value is -2.83. The number of carboxylic acid groups (broad SMARTS) is 1. The van der Waals surface area contributed by atoms with E-state index < -0.39 is 23.8 Å². The van der Waals surface area contributed by atoms with Crippen LogP contribution in [0.5, 0.6) is 5.75 Å².